The number of rotatable bonds is 2. The lowest BCUT2D eigenvalue weighted by molar-refractivity contribution is -0.225. The Morgan fingerprint density at radius 3 is 2.71 bits per heavy atom. The molecule has 146 valence electrons. The number of benzene rings is 2. The molecule has 1 N–H and O–H groups in total. The van der Waals surface area contributed by atoms with Crippen LogP contribution in [-0.2, 0) is 11.3 Å². The Morgan fingerprint density at radius 1 is 1.14 bits per heavy atom. The van der Waals surface area contributed by atoms with Crippen LogP contribution in [0.2, 0.25) is 0 Å². The summed E-state index contributed by atoms with van der Waals surface area (Å²) in [5.74, 6) is 0.0908. The number of carbonyl (C=O) groups excluding carboxylic acids is 1. The smallest absolute Gasteiger partial charge is 0.317 e. The Balaban J connectivity index is 1.16. The zero-order chi connectivity index (χ0) is 19.1. The fraction of sp³-hybridized carbons (Fsp3) is 0.409. The lowest BCUT2D eigenvalue weighted by atomic mass is 10.0. The highest BCUT2D eigenvalue weighted by Gasteiger charge is 2.44. The van der Waals surface area contributed by atoms with Crippen LogP contribution in [0.15, 0.2) is 48.5 Å². The fourth-order valence-corrected chi connectivity index (χ4v) is 4.17. The van der Waals surface area contributed by atoms with Crippen molar-refractivity contribution in [3.63, 3.8) is 0 Å². The fourth-order valence-electron chi connectivity index (χ4n) is 4.17. The van der Waals surface area contributed by atoms with Gasteiger partial charge < -0.3 is 19.7 Å². The maximum absolute atomic E-state index is 13.4. The van der Waals surface area contributed by atoms with Crippen LogP contribution in [-0.4, -0.2) is 35.8 Å². The molecule has 2 aromatic carbocycles. The number of nitrogens with zero attached hydrogens (tertiary/aromatic N) is 1. The Morgan fingerprint density at radius 2 is 1.93 bits per heavy atom. The van der Waals surface area contributed by atoms with Gasteiger partial charge in [-0.15, -0.1) is 0 Å². The van der Waals surface area contributed by atoms with E-state index in [9.17, 15) is 9.18 Å². The number of fused-ring (bicyclic) bond motifs is 1. The van der Waals surface area contributed by atoms with Crippen LogP contribution in [0.3, 0.4) is 0 Å². The third-order valence-electron chi connectivity index (χ3n) is 5.95. The number of hydrogen-bond acceptors (Lipinski definition) is 3. The Bertz CT molecular complexity index is 881. The van der Waals surface area contributed by atoms with E-state index < -0.39 is 5.79 Å². The first-order valence-corrected chi connectivity index (χ1v) is 9.84. The molecule has 0 aromatic heterocycles. The first kappa shape index (κ1) is 17.5. The van der Waals surface area contributed by atoms with Crippen molar-refractivity contribution in [2.45, 2.75) is 43.6 Å². The lowest BCUT2D eigenvalue weighted by Gasteiger charge is -2.43. The molecule has 5 rings (SSSR count). The summed E-state index contributed by atoms with van der Waals surface area (Å²) in [6.45, 7) is 1.48. The van der Waals surface area contributed by atoms with E-state index >= 15 is 0 Å². The second-order valence-corrected chi connectivity index (χ2v) is 7.85. The molecular weight excluding hydrogens is 359 g/mol. The molecule has 2 heterocycles. The summed E-state index contributed by atoms with van der Waals surface area (Å²) in [6.07, 6.45) is 2.20. The van der Waals surface area contributed by atoms with Gasteiger partial charge in [-0.3, -0.25) is 0 Å². The summed E-state index contributed by atoms with van der Waals surface area (Å²) in [5.41, 5.74) is 2.01. The number of ether oxygens (including phenoxy) is 2. The zero-order valence-corrected chi connectivity index (χ0v) is 15.6. The van der Waals surface area contributed by atoms with Crippen LogP contribution in [0, 0.1) is 5.82 Å². The van der Waals surface area contributed by atoms with Crippen LogP contribution in [0.1, 0.15) is 36.3 Å². The molecule has 3 aliphatic rings. The SMILES string of the molecule is O=C(N[C@@H]1C[C@H]1c1ccccc1)N1CCC2(CC1)OCc1cc(F)ccc1O2. The van der Waals surface area contributed by atoms with Crippen molar-refractivity contribution in [3.05, 3.63) is 65.5 Å². The molecule has 6 heteroatoms. The summed E-state index contributed by atoms with van der Waals surface area (Å²) in [5, 5.41) is 3.15. The molecule has 0 unspecified atom stereocenters. The molecule has 1 spiro atoms. The largest absolute Gasteiger partial charge is 0.462 e. The molecule has 2 aliphatic heterocycles. The molecule has 1 aliphatic carbocycles. The third-order valence-corrected chi connectivity index (χ3v) is 5.95. The lowest BCUT2D eigenvalue weighted by Crippen LogP contribution is -2.54. The monoisotopic (exact) mass is 382 g/mol. The molecule has 2 amide bonds. The Kier molecular flexibility index (Phi) is 4.23. The topological polar surface area (TPSA) is 50.8 Å². The minimum atomic E-state index is -0.715. The van der Waals surface area contributed by atoms with E-state index in [4.69, 9.17) is 9.47 Å². The number of carbonyl (C=O) groups is 1. The van der Waals surface area contributed by atoms with Crippen molar-refractivity contribution in [2.24, 2.45) is 0 Å². The average molecular weight is 382 g/mol. The highest BCUT2D eigenvalue weighted by Crippen LogP contribution is 2.41. The molecule has 2 aromatic rings. The maximum Gasteiger partial charge on any atom is 0.317 e. The van der Waals surface area contributed by atoms with Crippen molar-refractivity contribution in [1.82, 2.24) is 10.2 Å². The summed E-state index contributed by atoms with van der Waals surface area (Å²) < 4.78 is 25.4. The molecule has 28 heavy (non-hydrogen) atoms. The van der Waals surface area contributed by atoms with E-state index in [2.05, 4.69) is 17.4 Å². The summed E-state index contributed by atoms with van der Waals surface area (Å²) in [4.78, 5) is 14.5. The van der Waals surface area contributed by atoms with Gasteiger partial charge in [0.05, 0.1) is 6.61 Å². The van der Waals surface area contributed by atoms with E-state index in [1.807, 2.05) is 23.1 Å². The van der Waals surface area contributed by atoms with Crippen LogP contribution in [0.25, 0.3) is 0 Å². The molecule has 0 radical (unpaired) electrons. The minimum Gasteiger partial charge on any atom is -0.462 e. The molecular formula is C22H23FN2O3. The van der Waals surface area contributed by atoms with Crippen LogP contribution in [0.4, 0.5) is 9.18 Å². The Hall–Kier alpha value is -2.60. The predicted octanol–water partition coefficient (Wildman–Crippen LogP) is 3.79. The number of amides is 2. The maximum atomic E-state index is 13.4. The summed E-state index contributed by atoms with van der Waals surface area (Å²) >= 11 is 0. The quantitative estimate of drug-likeness (QED) is 0.860. The second-order valence-electron chi connectivity index (χ2n) is 7.85. The number of likely N-dealkylation sites (tertiary alicyclic amines) is 1. The van der Waals surface area contributed by atoms with E-state index in [1.165, 1.54) is 17.7 Å². The summed E-state index contributed by atoms with van der Waals surface area (Å²) in [7, 11) is 0. The first-order valence-electron chi connectivity index (χ1n) is 9.84. The van der Waals surface area contributed by atoms with Gasteiger partial charge in [0.25, 0.3) is 0 Å². The highest BCUT2D eigenvalue weighted by atomic mass is 19.1. The minimum absolute atomic E-state index is 0.0171. The highest BCUT2D eigenvalue weighted by molar-refractivity contribution is 5.75. The van der Waals surface area contributed by atoms with Gasteiger partial charge in [-0.2, -0.15) is 0 Å². The van der Waals surface area contributed by atoms with Crippen molar-refractivity contribution >= 4 is 6.03 Å². The van der Waals surface area contributed by atoms with Gasteiger partial charge >= 0.3 is 6.03 Å². The third kappa shape index (κ3) is 3.33. The molecule has 0 bridgehead atoms. The molecule has 1 saturated heterocycles. The van der Waals surface area contributed by atoms with E-state index in [-0.39, 0.29) is 17.9 Å². The van der Waals surface area contributed by atoms with Crippen LogP contribution >= 0.6 is 0 Å². The molecule has 1 saturated carbocycles. The van der Waals surface area contributed by atoms with Crippen molar-refractivity contribution in [2.75, 3.05) is 13.1 Å². The van der Waals surface area contributed by atoms with E-state index in [0.29, 0.717) is 44.2 Å². The van der Waals surface area contributed by atoms with Crippen molar-refractivity contribution in [3.8, 4) is 5.75 Å². The van der Waals surface area contributed by atoms with Gasteiger partial charge in [0, 0.05) is 43.5 Å². The van der Waals surface area contributed by atoms with Crippen LogP contribution < -0.4 is 10.1 Å². The predicted molar refractivity (Wildman–Crippen MR) is 101 cm³/mol. The second kappa shape index (κ2) is 6.78. The van der Waals surface area contributed by atoms with Gasteiger partial charge in [-0.05, 0) is 30.2 Å². The number of piperidine rings is 1. The van der Waals surface area contributed by atoms with Gasteiger partial charge in [0.2, 0.25) is 5.79 Å². The zero-order valence-electron chi connectivity index (χ0n) is 15.6. The van der Waals surface area contributed by atoms with Gasteiger partial charge in [0.15, 0.2) is 0 Å². The van der Waals surface area contributed by atoms with Crippen LogP contribution in [0.5, 0.6) is 5.75 Å². The number of hydrogen-bond donors (Lipinski definition) is 1. The van der Waals surface area contributed by atoms with E-state index in [1.54, 1.807) is 6.07 Å². The van der Waals surface area contributed by atoms with Gasteiger partial charge in [-0.1, -0.05) is 30.3 Å². The summed E-state index contributed by atoms with van der Waals surface area (Å²) in [6, 6.07) is 15.0. The van der Waals surface area contributed by atoms with E-state index in [0.717, 1.165) is 12.0 Å². The van der Waals surface area contributed by atoms with Gasteiger partial charge in [0.1, 0.15) is 11.6 Å². The Labute approximate surface area is 163 Å². The number of halogens is 1. The molecule has 2 atom stereocenters. The molecule has 5 nitrogen and oxygen atoms in total. The standard InChI is InChI=1S/C22H23FN2O3/c23-17-6-7-20-16(12-17)14-27-22(28-20)8-10-25(11-9-22)21(26)24-19-13-18(19)15-4-2-1-3-5-15/h1-7,12,18-19H,8-11,13-14H2,(H,24,26)/t18-,19+/m0/s1. The van der Waals surface area contributed by atoms with Crippen molar-refractivity contribution < 1.29 is 18.7 Å². The number of urea groups is 1. The number of nitrogens with one attached hydrogen (secondary N) is 1. The molecule has 2 fully saturated rings. The van der Waals surface area contributed by atoms with Gasteiger partial charge in [-0.25, -0.2) is 9.18 Å². The average Bonchev–Trinajstić information content (AvgIpc) is 3.48. The first-order chi connectivity index (χ1) is 13.6. The van der Waals surface area contributed by atoms with Crippen molar-refractivity contribution in [1.29, 1.82) is 0 Å². The normalized spacial score (nSPS) is 25.0.